The first kappa shape index (κ1) is 28.5. The van der Waals surface area contributed by atoms with Gasteiger partial charge in [0.2, 0.25) is 0 Å². The number of nitrogens with zero attached hydrogens (tertiary/aromatic N) is 2. The van der Waals surface area contributed by atoms with E-state index < -0.39 is 11.0 Å². The molecule has 212 valence electrons. The fraction of sp³-hybridized carbons (Fsp3) is 0.314. The van der Waals surface area contributed by atoms with Crippen molar-refractivity contribution in [3.05, 3.63) is 140 Å². The summed E-state index contributed by atoms with van der Waals surface area (Å²) in [5.41, 5.74) is 8.25. The molecule has 1 aliphatic carbocycles. The summed E-state index contributed by atoms with van der Waals surface area (Å²) in [6, 6.07) is 29.4. The summed E-state index contributed by atoms with van der Waals surface area (Å²) < 4.78 is 5.88. The molecule has 41 heavy (non-hydrogen) atoms. The Balaban J connectivity index is 1.46. The number of ether oxygens (including phenoxy) is 1. The zero-order chi connectivity index (χ0) is 28.8. The fourth-order valence-corrected chi connectivity index (χ4v) is 6.08. The van der Waals surface area contributed by atoms with Crippen LogP contribution in [0, 0.1) is 10.1 Å². The van der Waals surface area contributed by atoms with Crippen LogP contribution in [0.3, 0.4) is 0 Å². The SMILES string of the molecule is CCc1cc2c(cc1CC)CC(N(Cc1ccccc1)[C@@H](CO)c1ccc(OCc3ccccc3)c([N+](=O)[O-])c1)C2. The average Bonchev–Trinajstić information content (AvgIpc) is 3.43. The summed E-state index contributed by atoms with van der Waals surface area (Å²) in [5, 5.41) is 22.9. The highest BCUT2D eigenvalue weighted by Crippen LogP contribution is 2.37. The molecular formula is C35H38N2O4. The minimum Gasteiger partial charge on any atom is -0.482 e. The van der Waals surface area contributed by atoms with Gasteiger partial charge in [-0.1, -0.05) is 92.7 Å². The van der Waals surface area contributed by atoms with E-state index in [1.807, 2.05) is 54.6 Å². The molecule has 5 rings (SSSR count). The summed E-state index contributed by atoms with van der Waals surface area (Å²) in [6.07, 6.45) is 3.79. The van der Waals surface area contributed by atoms with E-state index in [0.717, 1.165) is 36.8 Å². The van der Waals surface area contributed by atoms with Gasteiger partial charge in [0.15, 0.2) is 5.75 Å². The van der Waals surface area contributed by atoms with E-state index in [-0.39, 0.29) is 30.7 Å². The van der Waals surface area contributed by atoms with Crippen LogP contribution in [0.2, 0.25) is 0 Å². The second-order valence-corrected chi connectivity index (χ2v) is 10.8. The molecule has 0 amide bonds. The van der Waals surface area contributed by atoms with E-state index in [4.69, 9.17) is 4.74 Å². The van der Waals surface area contributed by atoms with Gasteiger partial charge in [-0.05, 0) is 70.7 Å². The fourth-order valence-electron chi connectivity index (χ4n) is 6.08. The molecule has 4 aromatic carbocycles. The molecule has 0 saturated heterocycles. The molecule has 1 atom stereocenters. The Kier molecular flexibility index (Phi) is 9.12. The summed E-state index contributed by atoms with van der Waals surface area (Å²) in [6.45, 7) is 5.13. The molecule has 0 bridgehead atoms. The number of hydrogen-bond acceptors (Lipinski definition) is 5. The normalized spacial score (nSPS) is 13.8. The van der Waals surface area contributed by atoms with Crippen molar-refractivity contribution in [2.24, 2.45) is 0 Å². The Hall–Kier alpha value is -4.00. The van der Waals surface area contributed by atoms with Crippen LogP contribution in [0.25, 0.3) is 0 Å². The van der Waals surface area contributed by atoms with E-state index in [0.29, 0.717) is 12.1 Å². The van der Waals surface area contributed by atoms with Crippen LogP contribution >= 0.6 is 0 Å². The summed E-state index contributed by atoms with van der Waals surface area (Å²) in [4.78, 5) is 14.1. The van der Waals surface area contributed by atoms with Crippen LogP contribution < -0.4 is 4.74 Å². The van der Waals surface area contributed by atoms with Gasteiger partial charge in [0, 0.05) is 18.7 Å². The molecule has 0 heterocycles. The van der Waals surface area contributed by atoms with Crippen LogP contribution in [0.4, 0.5) is 5.69 Å². The summed E-state index contributed by atoms with van der Waals surface area (Å²) in [5.74, 6) is 0.223. The number of aryl methyl sites for hydroxylation is 2. The molecular weight excluding hydrogens is 512 g/mol. The Morgan fingerprint density at radius 1 is 0.878 bits per heavy atom. The average molecular weight is 551 g/mol. The van der Waals surface area contributed by atoms with Gasteiger partial charge in [-0.25, -0.2) is 0 Å². The first-order chi connectivity index (χ1) is 20.0. The largest absolute Gasteiger partial charge is 0.482 e. The van der Waals surface area contributed by atoms with Gasteiger partial charge >= 0.3 is 5.69 Å². The molecule has 0 spiro atoms. The van der Waals surface area contributed by atoms with Crippen molar-refractivity contribution in [1.29, 1.82) is 0 Å². The second kappa shape index (κ2) is 13.1. The molecule has 0 fully saturated rings. The molecule has 4 aromatic rings. The van der Waals surface area contributed by atoms with Crippen molar-refractivity contribution in [1.82, 2.24) is 4.90 Å². The van der Waals surface area contributed by atoms with Crippen LogP contribution in [-0.4, -0.2) is 27.6 Å². The first-order valence-corrected chi connectivity index (χ1v) is 14.5. The third-order valence-electron chi connectivity index (χ3n) is 8.25. The first-order valence-electron chi connectivity index (χ1n) is 14.5. The Labute approximate surface area is 242 Å². The van der Waals surface area contributed by atoms with Gasteiger partial charge in [0.05, 0.1) is 17.6 Å². The van der Waals surface area contributed by atoms with E-state index in [9.17, 15) is 15.2 Å². The van der Waals surface area contributed by atoms with Crippen molar-refractivity contribution in [2.45, 2.75) is 64.8 Å². The van der Waals surface area contributed by atoms with Gasteiger partial charge in [0.25, 0.3) is 0 Å². The standard InChI is InChI=1S/C35H38N2O4/c1-3-27-17-30-19-32(20-31(30)18-28(27)4-2)36(22-25-11-7-5-8-12-25)34(23-38)29-15-16-35(33(21-29)37(39)40)41-24-26-13-9-6-10-14-26/h5-18,21,32,34,38H,3-4,19-20,22-24H2,1-2H3/t34-/m0/s1. The number of rotatable bonds is 12. The Morgan fingerprint density at radius 3 is 2.00 bits per heavy atom. The van der Waals surface area contributed by atoms with Crippen molar-refractivity contribution in [3.8, 4) is 5.75 Å². The molecule has 1 aliphatic rings. The van der Waals surface area contributed by atoms with E-state index in [2.05, 4.69) is 43.0 Å². The van der Waals surface area contributed by atoms with Crippen LogP contribution in [-0.2, 0) is 38.8 Å². The Morgan fingerprint density at radius 2 is 1.46 bits per heavy atom. The molecule has 0 aromatic heterocycles. The van der Waals surface area contributed by atoms with Gasteiger partial charge in [-0.3, -0.25) is 15.0 Å². The Bertz CT molecular complexity index is 1440. The lowest BCUT2D eigenvalue weighted by Gasteiger charge is -2.36. The topological polar surface area (TPSA) is 75.8 Å². The number of benzene rings is 4. The molecule has 6 heteroatoms. The number of nitro benzene ring substituents is 1. The monoisotopic (exact) mass is 550 g/mol. The maximum atomic E-state index is 12.1. The predicted octanol–water partition coefficient (Wildman–Crippen LogP) is 7.00. The number of aliphatic hydroxyl groups is 1. The van der Waals surface area contributed by atoms with Crippen LogP contribution in [0.1, 0.15) is 58.8 Å². The van der Waals surface area contributed by atoms with Crippen molar-refractivity contribution in [2.75, 3.05) is 6.61 Å². The highest BCUT2D eigenvalue weighted by molar-refractivity contribution is 5.50. The number of nitro groups is 1. The van der Waals surface area contributed by atoms with Crippen molar-refractivity contribution >= 4 is 5.69 Å². The molecule has 0 aliphatic heterocycles. The molecule has 1 N–H and O–H groups in total. The minimum absolute atomic E-state index is 0.0913. The zero-order valence-electron chi connectivity index (χ0n) is 23.8. The van der Waals surface area contributed by atoms with Crippen molar-refractivity contribution in [3.63, 3.8) is 0 Å². The maximum Gasteiger partial charge on any atom is 0.311 e. The van der Waals surface area contributed by atoms with Gasteiger partial charge in [0.1, 0.15) is 6.61 Å². The number of fused-ring (bicyclic) bond motifs is 1. The quantitative estimate of drug-likeness (QED) is 0.152. The van der Waals surface area contributed by atoms with Gasteiger partial charge < -0.3 is 9.84 Å². The van der Waals surface area contributed by atoms with E-state index in [1.54, 1.807) is 12.1 Å². The summed E-state index contributed by atoms with van der Waals surface area (Å²) in [7, 11) is 0. The zero-order valence-corrected chi connectivity index (χ0v) is 23.8. The van der Waals surface area contributed by atoms with Gasteiger partial charge in [-0.15, -0.1) is 0 Å². The van der Waals surface area contributed by atoms with Crippen molar-refractivity contribution < 1.29 is 14.8 Å². The number of hydrogen-bond donors (Lipinski definition) is 1. The lowest BCUT2D eigenvalue weighted by atomic mass is 9.97. The second-order valence-electron chi connectivity index (χ2n) is 10.8. The van der Waals surface area contributed by atoms with Crippen LogP contribution in [0.5, 0.6) is 5.75 Å². The third-order valence-corrected chi connectivity index (χ3v) is 8.25. The molecule has 0 unspecified atom stereocenters. The molecule has 6 nitrogen and oxygen atoms in total. The lowest BCUT2D eigenvalue weighted by Crippen LogP contribution is -2.40. The maximum absolute atomic E-state index is 12.1. The van der Waals surface area contributed by atoms with Crippen LogP contribution in [0.15, 0.2) is 91.0 Å². The number of aliphatic hydroxyl groups excluding tert-OH is 1. The summed E-state index contributed by atoms with van der Waals surface area (Å²) >= 11 is 0. The minimum atomic E-state index is -0.410. The highest BCUT2D eigenvalue weighted by atomic mass is 16.6. The predicted molar refractivity (Wildman–Crippen MR) is 162 cm³/mol. The van der Waals surface area contributed by atoms with Gasteiger partial charge in [-0.2, -0.15) is 0 Å². The molecule has 0 saturated carbocycles. The molecule has 0 radical (unpaired) electrons. The van der Waals surface area contributed by atoms with E-state index in [1.165, 1.54) is 22.3 Å². The third kappa shape index (κ3) is 6.50. The lowest BCUT2D eigenvalue weighted by molar-refractivity contribution is -0.386. The smallest absolute Gasteiger partial charge is 0.311 e. The highest BCUT2D eigenvalue weighted by Gasteiger charge is 2.33. The van der Waals surface area contributed by atoms with E-state index >= 15 is 0 Å².